The monoisotopic (exact) mass is 395 g/mol. The van der Waals surface area contributed by atoms with Crippen LogP contribution < -0.4 is 14.5 Å². The van der Waals surface area contributed by atoms with Crippen molar-refractivity contribution in [1.82, 2.24) is 9.97 Å². The minimum absolute atomic E-state index is 0.772. The molecule has 28 heavy (non-hydrogen) atoms. The first kappa shape index (κ1) is 17.9. The second-order valence-corrected chi connectivity index (χ2v) is 8.86. The van der Waals surface area contributed by atoms with E-state index in [1.165, 1.54) is 40.9 Å². The Balaban J connectivity index is 1.25. The van der Waals surface area contributed by atoms with Gasteiger partial charge in [0.2, 0.25) is 0 Å². The number of nitrogens with one attached hydrogen (secondary N) is 1. The number of fused-ring (bicyclic) bond motifs is 3. The molecule has 2 aliphatic rings. The Morgan fingerprint density at radius 1 is 1.11 bits per heavy atom. The fourth-order valence-electron chi connectivity index (χ4n) is 4.42. The number of aromatic nitrogens is 2. The van der Waals surface area contributed by atoms with Crippen molar-refractivity contribution in [3.05, 3.63) is 46.6 Å². The SMILES string of the molecule is Cc1nc(N2CC[NH+](CCOc3ccccc3)CC2)c2c3c(sc2n1)CCC3. The van der Waals surface area contributed by atoms with Gasteiger partial charge in [-0.1, -0.05) is 18.2 Å². The molecule has 0 spiro atoms. The van der Waals surface area contributed by atoms with Crippen molar-refractivity contribution < 1.29 is 9.64 Å². The Hall–Kier alpha value is -2.18. The average molecular weight is 396 g/mol. The Morgan fingerprint density at radius 2 is 1.93 bits per heavy atom. The summed E-state index contributed by atoms with van der Waals surface area (Å²) in [5.41, 5.74) is 1.53. The molecular weight excluding hydrogens is 368 g/mol. The molecular formula is C22H27N4OS+. The first-order chi connectivity index (χ1) is 13.8. The number of thiophene rings is 1. The molecule has 5 nitrogen and oxygen atoms in total. The third-order valence-electron chi connectivity index (χ3n) is 5.90. The molecule has 1 saturated heterocycles. The number of anilines is 1. The van der Waals surface area contributed by atoms with Gasteiger partial charge in [-0.3, -0.25) is 0 Å². The van der Waals surface area contributed by atoms with E-state index in [0.717, 1.165) is 50.9 Å². The van der Waals surface area contributed by atoms with Crippen molar-refractivity contribution in [1.29, 1.82) is 0 Å². The minimum Gasteiger partial charge on any atom is -0.488 e. The quantitative estimate of drug-likeness (QED) is 0.720. The van der Waals surface area contributed by atoms with Gasteiger partial charge in [0.05, 0.1) is 31.6 Å². The second kappa shape index (κ2) is 7.68. The number of hydrogen-bond donors (Lipinski definition) is 1. The van der Waals surface area contributed by atoms with Gasteiger partial charge < -0.3 is 14.5 Å². The van der Waals surface area contributed by atoms with E-state index in [2.05, 4.69) is 4.90 Å². The number of quaternary nitrogens is 1. The van der Waals surface area contributed by atoms with Crippen LogP contribution in [0.25, 0.3) is 10.2 Å². The lowest BCUT2D eigenvalue weighted by Crippen LogP contribution is -3.15. The third-order valence-corrected chi connectivity index (χ3v) is 7.08. The highest BCUT2D eigenvalue weighted by Crippen LogP contribution is 2.40. The van der Waals surface area contributed by atoms with E-state index in [1.54, 1.807) is 9.78 Å². The summed E-state index contributed by atoms with van der Waals surface area (Å²) in [5, 5.41) is 1.35. The fraction of sp³-hybridized carbons (Fsp3) is 0.455. The first-order valence-corrected chi connectivity index (χ1v) is 11.1. The molecule has 5 rings (SSSR count). The maximum atomic E-state index is 5.88. The van der Waals surface area contributed by atoms with E-state index >= 15 is 0 Å². The predicted molar refractivity (Wildman–Crippen MR) is 114 cm³/mol. The van der Waals surface area contributed by atoms with Crippen molar-refractivity contribution in [2.75, 3.05) is 44.2 Å². The zero-order chi connectivity index (χ0) is 18.9. The van der Waals surface area contributed by atoms with Crippen LogP contribution in [0.1, 0.15) is 22.7 Å². The highest BCUT2D eigenvalue weighted by atomic mass is 32.1. The van der Waals surface area contributed by atoms with Gasteiger partial charge in [0.15, 0.2) is 0 Å². The smallest absolute Gasteiger partial charge is 0.141 e. The van der Waals surface area contributed by atoms with Crippen molar-refractivity contribution in [3.63, 3.8) is 0 Å². The van der Waals surface area contributed by atoms with E-state index in [4.69, 9.17) is 14.7 Å². The normalized spacial score (nSPS) is 17.2. The van der Waals surface area contributed by atoms with Gasteiger partial charge in [-0.05, 0) is 43.9 Å². The summed E-state index contributed by atoms with van der Waals surface area (Å²) in [6.45, 7) is 8.22. The number of aryl methyl sites for hydroxylation is 3. The van der Waals surface area contributed by atoms with E-state index < -0.39 is 0 Å². The van der Waals surface area contributed by atoms with Crippen molar-refractivity contribution in [2.24, 2.45) is 0 Å². The van der Waals surface area contributed by atoms with E-state index in [-0.39, 0.29) is 0 Å². The Labute approximate surface area is 170 Å². The van der Waals surface area contributed by atoms with Gasteiger partial charge in [0.1, 0.15) is 35.4 Å². The zero-order valence-corrected chi connectivity index (χ0v) is 17.2. The predicted octanol–water partition coefficient (Wildman–Crippen LogP) is 2.27. The molecule has 0 radical (unpaired) electrons. The van der Waals surface area contributed by atoms with Crippen LogP contribution in [-0.4, -0.2) is 49.3 Å². The number of benzene rings is 1. The third kappa shape index (κ3) is 3.47. The molecule has 1 aliphatic heterocycles. The number of rotatable bonds is 5. The van der Waals surface area contributed by atoms with Crippen molar-refractivity contribution in [3.8, 4) is 5.75 Å². The molecule has 3 heterocycles. The fourth-order valence-corrected chi connectivity index (χ4v) is 5.73. The Kier molecular flexibility index (Phi) is 4.91. The zero-order valence-electron chi connectivity index (χ0n) is 16.4. The number of piperazine rings is 1. The number of para-hydroxylation sites is 1. The summed E-state index contributed by atoms with van der Waals surface area (Å²) in [7, 11) is 0. The summed E-state index contributed by atoms with van der Waals surface area (Å²) in [5.74, 6) is 3.04. The molecule has 1 fully saturated rings. The van der Waals surface area contributed by atoms with Gasteiger partial charge in [0, 0.05) is 4.88 Å². The van der Waals surface area contributed by atoms with Crippen LogP contribution >= 0.6 is 11.3 Å². The molecule has 2 aromatic heterocycles. The van der Waals surface area contributed by atoms with Crippen LogP contribution in [0.3, 0.4) is 0 Å². The molecule has 0 saturated carbocycles. The van der Waals surface area contributed by atoms with E-state index in [9.17, 15) is 0 Å². The highest BCUT2D eigenvalue weighted by molar-refractivity contribution is 7.19. The summed E-state index contributed by atoms with van der Waals surface area (Å²) >= 11 is 1.89. The summed E-state index contributed by atoms with van der Waals surface area (Å²) < 4.78 is 5.88. The number of nitrogens with zero attached hydrogens (tertiary/aromatic N) is 3. The molecule has 146 valence electrons. The van der Waals surface area contributed by atoms with Crippen molar-refractivity contribution in [2.45, 2.75) is 26.2 Å². The second-order valence-electron chi connectivity index (χ2n) is 7.78. The van der Waals surface area contributed by atoms with Crippen LogP contribution in [0.2, 0.25) is 0 Å². The molecule has 3 aromatic rings. The van der Waals surface area contributed by atoms with Crippen LogP contribution in [-0.2, 0) is 12.8 Å². The standard InChI is InChI=1S/C22H26N4OS/c1-16-23-21(20-18-8-5-9-19(18)28-22(20)24-16)26-12-10-25(11-13-26)14-15-27-17-6-3-2-4-7-17/h2-4,6-7H,5,8-15H2,1H3/p+1. The number of hydrogen-bond acceptors (Lipinski definition) is 5. The molecule has 1 aromatic carbocycles. The summed E-state index contributed by atoms with van der Waals surface area (Å²) in [6.07, 6.45) is 3.69. The Bertz CT molecular complexity index is 964. The van der Waals surface area contributed by atoms with Gasteiger partial charge >= 0.3 is 0 Å². The Morgan fingerprint density at radius 3 is 2.75 bits per heavy atom. The van der Waals surface area contributed by atoms with E-state index in [1.807, 2.05) is 48.6 Å². The maximum Gasteiger partial charge on any atom is 0.141 e. The molecule has 1 N–H and O–H groups in total. The van der Waals surface area contributed by atoms with Crippen LogP contribution in [0.15, 0.2) is 30.3 Å². The van der Waals surface area contributed by atoms with Crippen LogP contribution in [0.4, 0.5) is 5.82 Å². The summed E-state index contributed by atoms with van der Waals surface area (Å²) in [4.78, 5) is 16.5. The topological polar surface area (TPSA) is 42.7 Å². The van der Waals surface area contributed by atoms with Crippen molar-refractivity contribution >= 4 is 27.4 Å². The van der Waals surface area contributed by atoms with Gasteiger partial charge in [-0.25, -0.2) is 9.97 Å². The van der Waals surface area contributed by atoms with Gasteiger partial charge in [-0.2, -0.15) is 0 Å². The van der Waals surface area contributed by atoms with Gasteiger partial charge in [0.25, 0.3) is 0 Å². The summed E-state index contributed by atoms with van der Waals surface area (Å²) in [6, 6.07) is 10.1. The van der Waals surface area contributed by atoms with Crippen LogP contribution in [0.5, 0.6) is 5.75 Å². The first-order valence-electron chi connectivity index (χ1n) is 10.3. The lowest BCUT2D eigenvalue weighted by Gasteiger charge is -2.33. The highest BCUT2D eigenvalue weighted by Gasteiger charge is 2.27. The molecule has 0 bridgehead atoms. The molecule has 1 aliphatic carbocycles. The molecule has 0 atom stereocenters. The lowest BCUT2D eigenvalue weighted by molar-refractivity contribution is -0.900. The van der Waals surface area contributed by atoms with E-state index in [0.29, 0.717) is 0 Å². The minimum atomic E-state index is 0.772. The molecule has 6 heteroatoms. The lowest BCUT2D eigenvalue weighted by atomic mass is 10.1. The number of ether oxygens (including phenoxy) is 1. The van der Waals surface area contributed by atoms with Gasteiger partial charge in [-0.15, -0.1) is 11.3 Å². The largest absolute Gasteiger partial charge is 0.488 e. The average Bonchev–Trinajstić information content (AvgIpc) is 3.29. The molecule has 0 unspecified atom stereocenters. The molecule has 0 amide bonds. The maximum absolute atomic E-state index is 5.88. The van der Waals surface area contributed by atoms with Crippen LogP contribution in [0, 0.1) is 6.92 Å².